The summed E-state index contributed by atoms with van der Waals surface area (Å²) in [4.78, 5) is 2.09. The van der Waals surface area contributed by atoms with Gasteiger partial charge in [0.15, 0.2) is 0 Å². The van der Waals surface area contributed by atoms with Gasteiger partial charge in [-0.3, -0.25) is 0 Å². The van der Waals surface area contributed by atoms with Crippen molar-refractivity contribution < 1.29 is 10.3 Å². The van der Waals surface area contributed by atoms with E-state index in [1.54, 1.807) is 0 Å². The Labute approximate surface area is 81.3 Å². The minimum atomic E-state index is -0.190. The van der Waals surface area contributed by atoms with Crippen molar-refractivity contribution in [1.82, 2.24) is 4.90 Å². The largest absolute Gasteiger partial charge is 0.393 e. The van der Waals surface area contributed by atoms with Crippen LogP contribution in [0.3, 0.4) is 0 Å². The van der Waals surface area contributed by atoms with Gasteiger partial charge < -0.3 is 15.2 Å². The monoisotopic (exact) mass is 192 g/mol. The lowest BCUT2D eigenvalue weighted by molar-refractivity contribution is 0.0497. The summed E-state index contributed by atoms with van der Waals surface area (Å²) in [5, 5.41) is 16.1. The van der Waals surface area contributed by atoms with Crippen molar-refractivity contribution in [1.29, 1.82) is 0 Å². The Morgan fingerprint density at radius 3 is 1.85 bits per heavy atom. The Morgan fingerprint density at radius 2 is 1.62 bits per heavy atom. The van der Waals surface area contributed by atoms with E-state index in [0.717, 1.165) is 13.0 Å². The highest BCUT2D eigenvalue weighted by Gasteiger charge is 2.21. The fraction of sp³-hybridized carbons (Fsp3) is 1.00. The normalized spacial score (nSPS) is 13.6. The zero-order chi connectivity index (χ0) is 11.1. The zero-order valence-corrected chi connectivity index (χ0v) is 9.41. The van der Waals surface area contributed by atoms with Crippen molar-refractivity contribution in [2.24, 2.45) is 11.3 Å². The maximum atomic E-state index is 9.61. The minimum absolute atomic E-state index is 0.0238. The zero-order valence-electron chi connectivity index (χ0n) is 9.41. The lowest BCUT2D eigenvalue weighted by Gasteiger charge is -2.26. The molecule has 0 aromatic rings. The molecule has 1 atom stereocenters. The highest BCUT2D eigenvalue weighted by molar-refractivity contribution is 4.72. The predicted octanol–water partition coefficient (Wildman–Crippen LogP) is 0.679. The van der Waals surface area contributed by atoms with Gasteiger partial charge >= 0.3 is 0 Å². The van der Waals surface area contributed by atoms with Crippen LogP contribution in [0.25, 0.3) is 0 Å². The highest BCUT2D eigenvalue weighted by atomic mass is 16.4. The predicted molar refractivity (Wildman–Crippen MR) is 54.6 cm³/mol. The van der Waals surface area contributed by atoms with Gasteiger partial charge in [-0.05, 0) is 32.5 Å². The van der Waals surface area contributed by atoms with Crippen LogP contribution < -0.4 is 5.90 Å². The molecule has 13 heavy (non-hydrogen) atoms. The van der Waals surface area contributed by atoms with Gasteiger partial charge in [-0.15, -0.1) is 0 Å². The number of nitrogens with two attached hydrogens (primary N) is 1. The van der Waals surface area contributed by atoms with E-state index in [1.807, 2.05) is 14.1 Å². The van der Waals surface area contributed by atoms with E-state index in [1.165, 1.54) is 0 Å². The van der Waals surface area contributed by atoms with Gasteiger partial charge in [-0.25, -0.2) is 5.90 Å². The maximum Gasteiger partial charge on any atom is 0.0600 e. The van der Waals surface area contributed by atoms with Crippen LogP contribution in [0.4, 0.5) is 0 Å². The lowest BCUT2D eigenvalue weighted by atomic mass is 9.87. The first kappa shape index (κ1) is 15.3. The highest BCUT2D eigenvalue weighted by Crippen LogP contribution is 2.21. The van der Waals surface area contributed by atoms with Gasteiger partial charge in [0.1, 0.15) is 0 Å². The van der Waals surface area contributed by atoms with Gasteiger partial charge in [0.25, 0.3) is 0 Å². The van der Waals surface area contributed by atoms with Crippen molar-refractivity contribution in [2.75, 3.05) is 20.6 Å². The molecule has 0 heterocycles. The number of aliphatic hydroxyl groups excluding tert-OH is 1. The quantitative estimate of drug-likeness (QED) is 0.575. The van der Waals surface area contributed by atoms with Crippen molar-refractivity contribution in [2.45, 2.75) is 33.3 Å². The van der Waals surface area contributed by atoms with Crippen LogP contribution in [0, 0.1) is 5.41 Å². The molecule has 0 aromatic carbocycles. The Morgan fingerprint density at radius 1 is 1.23 bits per heavy atom. The van der Waals surface area contributed by atoms with Crippen molar-refractivity contribution in [3.63, 3.8) is 0 Å². The maximum absolute atomic E-state index is 9.61. The smallest absolute Gasteiger partial charge is 0.0600 e. The van der Waals surface area contributed by atoms with Crippen LogP contribution in [0.15, 0.2) is 0 Å². The van der Waals surface area contributed by atoms with Crippen LogP contribution in [0.1, 0.15) is 27.2 Å². The molecule has 0 rings (SSSR count). The van der Waals surface area contributed by atoms with Gasteiger partial charge in [-0.2, -0.15) is 0 Å². The molecule has 0 aromatic heterocycles. The summed E-state index contributed by atoms with van der Waals surface area (Å²) in [6, 6.07) is 0. The van der Waals surface area contributed by atoms with E-state index in [2.05, 4.69) is 31.6 Å². The summed E-state index contributed by atoms with van der Waals surface area (Å²) >= 11 is 0. The average Bonchev–Trinajstić information content (AvgIpc) is 2.02. The second-order valence-electron chi connectivity index (χ2n) is 4.47. The van der Waals surface area contributed by atoms with Crippen LogP contribution >= 0.6 is 0 Å². The summed E-state index contributed by atoms with van der Waals surface area (Å²) in [6.07, 6.45) is 0.668. The summed E-state index contributed by atoms with van der Waals surface area (Å²) in [5.41, 5.74) is 0.0238. The third-order valence-corrected chi connectivity index (χ3v) is 1.85. The van der Waals surface area contributed by atoms with E-state index in [9.17, 15) is 5.11 Å². The number of hydrogen-bond acceptors (Lipinski definition) is 4. The Hall–Kier alpha value is -0.160. The molecule has 0 amide bonds. The molecule has 0 aliphatic heterocycles. The standard InChI is InChI=1S/C9H21NO.H3NO/c1-9(2,3)8(11)6-7-10(4)5;1-2/h8,11H,6-7H2,1-5H3;2H,1H2. The molecule has 0 radical (unpaired) electrons. The van der Waals surface area contributed by atoms with Crippen LogP contribution in [0.2, 0.25) is 0 Å². The molecule has 4 N–H and O–H groups in total. The molecule has 0 saturated heterocycles. The molecule has 0 aliphatic carbocycles. The first-order valence-corrected chi connectivity index (χ1v) is 4.42. The second-order valence-corrected chi connectivity index (χ2v) is 4.47. The number of hydrogen-bond donors (Lipinski definition) is 3. The Kier molecular flexibility index (Phi) is 8.56. The van der Waals surface area contributed by atoms with E-state index < -0.39 is 0 Å². The van der Waals surface area contributed by atoms with Crippen molar-refractivity contribution in [3.8, 4) is 0 Å². The number of nitrogens with zero attached hydrogens (tertiary/aromatic N) is 1. The molecule has 0 fully saturated rings. The van der Waals surface area contributed by atoms with E-state index in [-0.39, 0.29) is 11.5 Å². The fourth-order valence-corrected chi connectivity index (χ4v) is 0.813. The van der Waals surface area contributed by atoms with Crippen molar-refractivity contribution in [3.05, 3.63) is 0 Å². The molecule has 82 valence electrons. The van der Waals surface area contributed by atoms with Crippen LogP contribution in [-0.2, 0) is 0 Å². The minimum Gasteiger partial charge on any atom is -0.393 e. The Bertz CT molecular complexity index is 111. The van der Waals surface area contributed by atoms with E-state index in [4.69, 9.17) is 5.21 Å². The molecule has 1 unspecified atom stereocenters. The Balaban J connectivity index is 0. The molecule has 4 nitrogen and oxygen atoms in total. The molecular weight excluding hydrogens is 168 g/mol. The van der Waals surface area contributed by atoms with Crippen molar-refractivity contribution >= 4 is 0 Å². The average molecular weight is 192 g/mol. The fourth-order valence-electron chi connectivity index (χ4n) is 0.813. The van der Waals surface area contributed by atoms with Gasteiger partial charge in [0.05, 0.1) is 6.10 Å². The van der Waals surface area contributed by atoms with Gasteiger partial charge in [0, 0.05) is 0 Å². The molecule has 0 spiro atoms. The first-order chi connectivity index (χ1) is 5.84. The van der Waals surface area contributed by atoms with Crippen LogP contribution in [0.5, 0.6) is 0 Å². The third-order valence-electron chi connectivity index (χ3n) is 1.85. The van der Waals surface area contributed by atoms with E-state index >= 15 is 0 Å². The molecular formula is C9H24N2O2. The van der Waals surface area contributed by atoms with E-state index in [0.29, 0.717) is 0 Å². The first-order valence-electron chi connectivity index (χ1n) is 4.42. The van der Waals surface area contributed by atoms with Crippen LogP contribution in [-0.4, -0.2) is 42.0 Å². The topological polar surface area (TPSA) is 69.7 Å². The summed E-state index contributed by atoms with van der Waals surface area (Å²) < 4.78 is 0. The van der Waals surface area contributed by atoms with Gasteiger partial charge in [0.2, 0.25) is 0 Å². The molecule has 0 bridgehead atoms. The molecule has 4 heteroatoms. The number of aliphatic hydroxyl groups is 1. The SMILES string of the molecule is CN(C)CCC(O)C(C)(C)C.NO. The summed E-state index contributed by atoms with van der Waals surface area (Å²) in [5.74, 6) is 3.50. The lowest BCUT2D eigenvalue weighted by Crippen LogP contribution is -2.29. The third kappa shape index (κ3) is 9.76. The molecule has 0 saturated carbocycles. The molecule has 0 aliphatic rings. The van der Waals surface area contributed by atoms with Gasteiger partial charge in [-0.1, -0.05) is 20.8 Å². The summed E-state index contributed by atoms with van der Waals surface area (Å²) in [6.45, 7) is 7.15. The second kappa shape index (κ2) is 7.26. The number of rotatable bonds is 3. The summed E-state index contributed by atoms with van der Waals surface area (Å²) in [7, 11) is 4.05.